The zero-order chi connectivity index (χ0) is 19.4. The zero-order valence-corrected chi connectivity index (χ0v) is 15.9. The fourth-order valence-corrected chi connectivity index (χ4v) is 3.99. The standard InChI is InChI=1S/C20H20N2O4S/c1-15-13-16(20(23)21-14-17-7-6-12-26-17)10-11-19(15)22(2)27(24,25)18-8-4-3-5-9-18/h3-13H,14H2,1-2H3,(H,21,23). The summed E-state index contributed by atoms with van der Waals surface area (Å²) in [6.45, 7) is 2.06. The zero-order valence-electron chi connectivity index (χ0n) is 15.0. The number of nitrogens with zero attached hydrogens (tertiary/aromatic N) is 1. The SMILES string of the molecule is Cc1cc(C(=O)NCc2ccco2)ccc1N(C)S(=O)(=O)c1ccccc1. The number of nitrogens with one attached hydrogen (secondary N) is 1. The Morgan fingerprint density at radius 1 is 1.07 bits per heavy atom. The minimum Gasteiger partial charge on any atom is -0.467 e. The molecular weight excluding hydrogens is 364 g/mol. The lowest BCUT2D eigenvalue weighted by Crippen LogP contribution is -2.27. The molecule has 3 rings (SSSR count). The molecule has 1 N–H and O–H groups in total. The Balaban J connectivity index is 1.79. The molecule has 7 heteroatoms. The second kappa shape index (κ2) is 7.67. The van der Waals surface area contributed by atoms with Crippen LogP contribution in [0.25, 0.3) is 0 Å². The average Bonchev–Trinajstić information content (AvgIpc) is 3.19. The van der Waals surface area contributed by atoms with Crippen LogP contribution in [0.5, 0.6) is 0 Å². The molecular formula is C20H20N2O4S. The average molecular weight is 384 g/mol. The number of anilines is 1. The first-order valence-corrected chi connectivity index (χ1v) is 9.79. The summed E-state index contributed by atoms with van der Waals surface area (Å²) in [5, 5.41) is 2.77. The summed E-state index contributed by atoms with van der Waals surface area (Å²) >= 11 is 0. The second-order valence-corrected chi connectivity index (χ2v) is 8.02. The van der Waals surface area contributed by atoms with Crippen molar-refractivity contribution in [3.63, 3.8) is 0 Å². The molecule has 0 aliphatic heterocycles. The van der Waals surface area contributed by atoms with Crippen molar-refractivity contribution in [2.75, 3.05) is 11.4 Å². The van der Waals surface area contributed by atoms with Crippen molar-refractivity contribution in [3.05, 3.63) is 83.8 Å². The van der Waals surface area contributed by atoms with Crippen LogP contribution in [0, 0.1) is 6.92 Å². The molecule has 1 aromatic heterocycles. The highest BCUT2D eigenvalue weighted by Crippen LogP contribution is 2.26. The number of sulfonamides is 1. The third kappa shape index (κ3) is 4.03. The predicted molar refractivity (Wildman–Crippen MR) is 103 cm³/mol. The number of hydrogen-bond donors (Lipinski definition) is 1. The first kappa shape index (κ1) is 18.7. The highest BCUT2D eigenvalue weighted by molar-refractivity contribution is 7.92. The van der Waals surface area contributed by atoms with E-state index in [0.717, 1.165) is 0 Å². The molecule has 0 atom stereocenters. The predicted octanol–water partition coefficient (Wildman–Crippen LogP) is 3.34. The van der Waals surface area contributed by atoms with Gasteiger partial charge < -0.3 is 9.73 Å². The molecule has 1 heterocycles. The van der Waals surface area contributed by atoms with Crippen molar-refractivity contribution in [1.82, 2.24) is 5.32 Å². The Labute approximate surface area is 158 Å². The molecule has 1 amide bonds. The fourth-order valence-electron chi connectivity index (χ4n) is 2.71. The van der Waals surface area contributed by atoms with Gasteiger partial charge in [-0.15, -0.1) is 0 Å². The monoisotopic (exact) mass is 384 g/mol. The van der Waals surface area contributed by atoms with Crippen LogP contribution in [0.1, 0.15) is 21.7 Å². The smallest absolute Gasteiger partial charge is 0.264 e. The van der Waals surface area contributed by atoms with Gasteiger partial charge in [-0.2, -0.15) is 0 Å². The van der Waals surface area contributed by atoms with Gasteiger partial charge in [-0.05, 0) is 55.0 Å². The minimum atomic E-state index is -3.67. The maximum absolute atomic E-state index is 12.8. The second-order valence-electron chi connectivity index (χ2n) is 6.05. The van der Waals surface area contributed by atoms with E-state index >= 15 is 0 Å². The van der Waals surface area contributed by atoms with Crippen molar-refractivity contribution >= 4 is 21.6 Å². The third-order valence-corrected chi connectivity index (χ3v) is 5.99. The molecule has 0 unspecified atom stereocenters. The van der Waals surface area contributed by atoms with E-state index in [0.29, 0.717) is 22.6 Å². The van der Waals surface area contributed by atoms with Gasteiger partial charge in [0.1, 0.15) is 5.76 Å². The molecule has 140 valence electrons. The number of amides is 1. The van der Waals surface area contributed by atoms with Crippen molar-refractivity contribution < 1.29 is 17.6 Å². The molecule has 0 aliphatic rings. The lowest BCUT2D eigenvalue weighted by atomic mass is 10.1. The van der Waals surface area contributed by atoms with E-state index in [9.17, 15) is 13.2 Å². The van der Waals surface area contributed by atoms with Crippen molar-refractivity contribution in [3.8, 4) is 0 Å². The number of furan rings is 1. The quantitative estimate of drug-likeness (QED) is 0.707. The van der Waals surface area contributed by atoms with E-state index in [2.05, 4.69) is 5.32 Å². The van der Waals surface area contributed by atoms with Crippen LogP contribution in [-0.4, -0.2) is 21.4 Å². The minimum absolute atomic E-state index is 0.215. The highest BCUT2D eigenvalue weighted by Gasteiger charge is 2.22. The molecule has 0 saturated carbocycles. The summed E-state index contributed by atoms with van der Waals surface area (Å²) in [6, 6.07) is 16.7. The van der Waals surface area contributed by atoms with E-state index in [1.54, 1.807) is 73.9 Å². The summed E-state index contributed by atoms with van der Waals surface area (Å²) in [4.78, 5) is 12.5. The van der Waals surface area contributed by atoms with E-state index in [4.69, 9.17) is 4.42 Å². The summed E-state index contributed by atoms with van der Waals surface area (Å²) < 4.78 is 32.0. The first-order chi connectivity index (χ1) is 12.9. The Morgan fingerprint density at radius 3 is 2.44 bits per heavy atom. The first-order valence-electron chi connectivity index (χ1n) is 8.35. The number of carbonyl (C=O) groups excluding carboxylic acids is 1. The normalized spacial score (nSPS) is 11.2. The summed E-state index contributed by atoms with van der Waals surface area (Å²) in [7, 11) is -2.17. The molecule has 0 radical (unpaired) electrons. The van der Waals surface area contributed by atoms with E-state index in [1.165, 1.54) is 11.4 Å². The van der Waals surface area contributed by atoms with E-state index in [1.807, 2.05) is 0 Å². The number of rotatable bonds is 6. The van der Waals surface area contributed by atoms with Gasteiger partial charge in [0.15, 0.2) is 0 Å². The summed E-state index contributed by atoms with van der Waals surface area (Å²) in [5.41, 5.74) is 1.65. The molecule has 0 aliphatic carbocycles. The van der Waals surface area contributed by atoms with Crippen LogP contribution in [0.3, 0.4) is 0 Å². The Bertz CT molecular complexity index is 1030. The van der Waals surface area contributed by atoms with Crippen molar-refractivity contribution in [2.24, 2.45) is 0 Å². The van der Waals surface area contributed by atoms with Gasteiger partial charge in [0.25, 0.3) is 15.9 Å². The van der Waals surface area contributed by atoms with Gasteiger partial charge in [-0.25, -0.2) is 8.42 Å². The van der Waals surface area contributed by atoms with Crippen LogP contribution >= 0.6 is 0 Å². The molecule has 0 spiro atoms. The van der Waals surface area contributed by atoms with Gasteiger partial charge in [-0.1, -0.05) is 18.2 Å². The largest absolute Gasteiger partial charge is 0.467 e. The number of aryl methyl sites for hydroxylation is 1. The van der Waals surface area contributed by atoms with Crippen LogP contribution < -0.4 is 9.62 Å². The van der Waals surface area contributed by atoms with Gasteiger partial charge in [0.05, 0.1) is 23.4 Å². The summed E-state index contributed by atoms with van der Waals surface area (Å²) in [6.07, 6.45) is 1.55. The molecule has 3 aromatic rings. The fraction of sp³-hybridized carbons (Fsp3) is 0.150. The molecule has 6 nitrogen and oxygen atoms in total. The Morgan fingerprint density at radius 2 is 1.81 bits per heavy atom. The van der Waals surface area contributed by atoms with Crippen LogP contribution in [0.2, 0.25) is 0 Å². The van der Waals surface area contributed by atoms with Gasteiger partial charge in [0, 0.05) is 12.6 Å². The van der Waals surface area contributed by atoms with Crippen molar-refractivity contribution in [2.45, 2.75) is 18.4 Å². The molecule has 0 bridgehead atoms. The van der Waals surface area contributed by atoms with E-state index < -0.39 is 10.0 Å². The maximum Gasteiger partial charge on any atom is 0.264 e. The highest BCUT2D eigenvalue weighted by atomic mass is 32.2. The number of hydrogen-bond acceptors (Lipinski definition) is 4. The van der Waals surface area contributed by atoms with Crippen LogP contribution in [0.4, 0.5) is 5.69 Å². The lowest BCUT2D eigenvalue weighted by Gasteiger charge is -2.22. The van der Waals surface area contributed by atoms with E-state index in [-0.39, 0.29) is 17.3 Å². The summed E-state index contributed by atoms with van der Waals surface area (Å²) in [5.74, 6) is 0.403. The Hall–Kier alpha value is -3.06. The topological polar surface area (TPSA) is 79.6 Å². The van der Waals surface area contributed by atoms with Crippen molar-refractivity contribution in [1.29, 1.82) is 0 Å². The van der Waals surface area contributed by atoms with Gasteiger partial charge >= 0.3 is 0 Å². The van der Waals surface area contributed by atoms with Crippen LogP contribution in [-0.2, 0) is 16.6 Å². The number of carbonyl (C=O) groups is 1. The molecule has 2 aromatic carbocycles. The third-order valence-electron chi connectivity index (χ3n) is 4.20. The maximum atomic E-state index is 12.8. The molecule has 27 heavy (non-hydrogen) atoms. The van der Waals surface area contributed by atoms with Crippen LogP contribution in [0.15, 0.2) is 76.2 Å². The molecule has 0 fully saturated rings. The molecule has 0 saturated heterocycles. The van der Waals surface area contributed by atoms with Gasteiger partial charge in [0.2, 0.25) is 0 Å². The lowest BCUT2D eigenvalue weighted by molar-refractivity contribution is 0.0948. The Kier molecular flexibility index (Phi) is 5.32. The number of benzene rings is 2. The van der Waals surface area contributed by atoms with Gasteiger partial charge in [-0.3, -0.25) is 9.10 Å².